The Morgan fingerprint density at radius 3 is 2.81 bits per heavy atom. The number of aromatic nitrogens is 2. The van der Waals surface area contributed by atoms with Crippen LogP contribution in [0.2, 0.25) is 0 Å². The fourth-order valence-corrected chi connectivity index (χ4v) is 1.97. The molecule has 0 unspecified atom stereocenters. The smallest absolute Gasteiger partial charge is 0.256 e. The van der Waals surface area contributed by atoms with Crippen LogP contribution in [0, 0.1) is 5.41 Å². The summed E-state index contributed by atoms with van der Waals surface area (Å²) in [6.45, 7) is 2.92. The van der Waals surface area contributed by atoms with E-state index in [0.717, 1.165) is 6.54 Å². The molecule has 0 bridgehead atoms. The number of hydrogen-bond acceptors (Lipinski definition) is 3. The summed E-state index contributed by atoms with van der Waals surface area (Å²) in [5.41, 5.74) is 6.48. The lowest BCUT2D eigenvalue weighted by molar-refractivity contribution is 0.0891. The van der Waals surface area contributed by atoms with Crippen molar-refractivity contribution >= 4 is 11.7 Å². The first-order chi connectivity index (χ1) is 7.52. The van der Waals surface area contributed by atoms with Crippen molar-refractivity contribution in [3.8, 4) is 0 Å². The van der Waals surface area contributed by atoms with Crippen LogP contribution in [0.5, 0.6) is 0 Å². The normalized spacial score (nSPS) is 17.9. The third-order valence-electron chi connectivity index (χ3n) is 3.47. The minimum absolute atomic E-state index is 0.126. The molecule has 1 aliphatic rings. The Kier molecular flexibility index (Phi) is 2.61. The summed E-state index contributed by atoms with van der Waals surface area (Å²) in [5, 5.41) is 6.87. The van der Waals surface area contributed by atoms with Crippen LogP contribution in [0.15, 0.2) is 6.20 Å². The zero-order valence-corrected chi connectivity index (χ0v) is 9.79. The molecule has 0 aromatic carbocycles. The van der Waals surface area contributed by atoms with Crippen molar-refractivity contribution in [1.29, 1.82) is 0 Å². The van der Waals surface area contributed by atoms with Gasteiger partial charge in [0.1, 0.15) is 11.4 Å². The largest absolute Gasteiger partial charge is 0.383 e. The average Bonchev–Trinajstić information content (AvgIpc) is 2.54. The zero-order chi connectivity index (χ0) is 11.8. The zero-order valence-electron chi connectivity index (χ0n) is 9.79. The van der Waals surface area contributed by atoms with Crippen molar-refractivity contribution in [3.05, 3.63) is 11.8 Å². The summed E-state index contributed by atoms with van der Waals surface area (Å²) < 4.78 is 1.50. The van der Waals surface area contributed by atoms with Gasteiger partial charge in [0.05, 0.1) is 6.20 Å². The maximum atomic E-state index is 11.8. The lowest BCUT2D eigenvalue weighted by atomic mass is 9.70. The van der Waals surface area contributed by atoms with Crippen molar-refractivity contribution in [1.82, 2.24) is 15.1 Å². The Balaban J connectivity index is 1.95. The van der Waals surface area contributed by atoms with Gasteiger partial charge in [0.25, 0.3) is 5.91 Å². The molecule has 88 valence electrons. The number of anilines is 1. The van der Waals surface area contributed by atoms with E-state index < -0.39 is 0 Å². The molecule has 5 nitrogen and oxygen atoms in total. The van der Waals surface area contributed by atoms with Gasteiger partial charge in [0, 0.05) is 13.6 Å². The summed E-state index contributed by atoms with van der Waals surface area (Å²) in [7, 11) is 1.72. The number of carbonyl (C=O) groups is 1. The van der Waals surface area contributed by atoms with Gasteiger partial charge in [-0.05, 0) is 18.3 Å². The Hall–Kier alpha value is -1.52. The number of nitrogens with one attached hydrogen (secondary N) is 1. The number of aryl methyl sites for hydroxylation is 1. The second-order valence-corrected chi connectivity index (χ2v) is 4.91. The minimum Gasteiger partial charge on any atom is -0.383 e. The Labute approximate surface area is 95.0 Å². The SMILES string of the molecule is Cn1ncc(C(=O)NCC2(C)CCC2)c1N. The number of amides is 1. The molecule has 0 saturated heterocycles. The van der Waals surface area contributed by atoms with Crippen molar-refractivity contribution < 1.29 is 4.79 Å². The van der Waals surface area contributed by atoms with Crippen LogP contribution in [0.4, 0.5) is 5.82 Å². The van der Waals surface area contributed by atoms with Crippen molar-refractivity contribution in [3.63, 3.8) is 0 Å². The lowest BCUT2D eigenvalue weighted by Gasteiger charge is -2.38. The van der Waals surface area contributed by atoms with E-state index in [4.69, 9.17) is 5.73 Å². The molecule has 0 radical (unpaired) electrons. The quantitative estimate of drug-likeness (QED) is 0.798. The molecule has 0 spiro atoms. The summed E-state index contributed by atoms with van der Waals surface area (Å²) in [4.78, 5) is 11.8. The van der Waals surface area contributed by atoms with E-state index in [1.165, 1.54) is 30.1 Å². The van der Waals surface area contributed by atoms with Crippen LogP contribution in [0.1, 0.15) is 36.5 Å². The molecule has 5 heteroatoms. The first-order valence-electron chi connectivity index (χ1n) is 5.57. The molecule has 1 heterocycles. The highest BCUT2D eigenvalue weighted by Gasteiger charge is 2.32. The summed E-state index contributed by atoms with van der Waals surface area (Å²) >= 11 is 0. The van der Waals surface area contributed by atoms with Gasteiger partial charge in [-0.3, -0.25) is 9.48 Å². The van der Waals surface area contributed by atoms with Crippen LogP contribution in [-0.2, 0) is 7.05 Å². The second-order valence-electron chi connectivity index (χ2n) is 4.91. The number of nitrogens with zero attached hydrogens (tertiary/aromatic N) is 2. The van der Waals surface area contributed by atoms with E-state index >= 15 is 0 Å². The topological polar surface area (TPSA) is 72.9 Å². The Morgan fingerprint density at radius 2 is 2.38 bits per heavy atom. The van der Waals surface area contributed by atoms with Crippen molar-refractivity contribution in [2.24, 2.45) is 12.5 Å². The first kappa shape index (κ1) is 11.0. The van der Waals surface area contributed by atoms with E-state index in [0.29, 0.717) is 11.4 Å². The maximum absolute atomic E-state index is 11.8. The molecule has 1 aromatic heterocycles. The van der Waals surface area contributed by atoms with Gasteiger partial charge in [0.2, 0.25) is 0 Å². The Bertz CT molecular complexity index is 406. The van der Waals surface area contributed by atoms with Crippen molar-refractivity contribution in [2.75, 3.05) is 12.3 Å². The van der Waals surface area contributed by atoms with E-state index in [9.17, 15) is 4.79 Å². The number of nitrogen functional groups attached to an aromatic ring is 1. The van der Waals surface area contributed by atoms with Gasteiger partial charge in [-0.15, -0.1) is 0 Å². The molecule has 2 rings (SSSR count). The van der Waals surface area contributed by atoms with Gasteiger partial charge >= 0.3 is 0 Å². The fourth-order valence-electron chi connectivity index (χ4n) is 1.97. The fraction of sp³-hybridized carbons (Fsp3) is 0.636. The van der Waals surface area contributed by atoms with E-state index in [-0.39, 0.29) is 11.3 Å². The highest BCUT2D eigenvalue weighted by atomic mass is 16.1. The monoisotopic (exact) mass is 222 g/mol. The third kappa shape index (κ3) is 1.89. The molecule has 16 heavy (non-hydrogen) atoms. The molecule has 0 atom stereocenters. The molecular formula is C11H18N4O. The molecule has 1 fully saturated rings. The molecule has 1 saturated carbocycles. The van der Waals surface area contributed by atoms with E-state index in [1.807, 2.05) is 0 Å². The predicted octanol–water partition coefficient (Wildman–Crippen LogP) is 0.922. The standard InChI is InChI=1S/C11H18N4O/c1-11(4-3-5-11)7-13-10(16)8-6-14-15(2)9(8)12/h6H,3-5,7,12H2,1-2H3,(H,13,16). The van der Waals surface area contributed by atoms with Gasteiger partial charge in [-0.25, -0.2) is 0 Å². The van der Waals surface area contributed by atoms with Gasteiger partial charge in [0.15, 0.2) is 0 Å². The second kappa shape index (κ2) is 3.81. The summed E-state index contributed by atoms with van der Waals surface area (Å²) in [5.74, 6) is 0.287. The van der Waals surface area contributed by atoms with Crippen LogP contribution >= 0.6 is 0 Å². The minimum atomic E-state index is -0.126. The highest BCUT2D eigenvalue weighted by Crippen LogP contribution is 2.39. The summed E-state index contributed by atoms with van der Waals surface area (Å²) in [6.07, 6.45) is 5.15. The predicted molar refractivity (Wildman–Crippen MR) is 61.9 cm³/mol. The number of nitrogens with two attached hydrogens (primary N) is 1. The number of rotatable bonds is 3. The van der Waals surface area contributed by atoms with Crippen LogP contribution < -0.4 is 11.1 Å². The number of hydrogen-bond donors (Lipinski definition) is 2. The maximum Gasteiger partial charge on any atom is 0.256 e. The summed E-state index contributed by atoms with van der Waals surface area (Å²) in [6, 6.07) is 0. The van der Waals surface area contributed by atoms with Gasteiger partial charge in [-0.1, -0.05) is 13.3 Å². The van der Waals surface area contributed by atoms with E-state index in [2.05, 4.69) is 17.3 Å². The highest BCUT2D eigenvalue weighted by molar-refractivity contribution is 5.98. The third-order valence-corrected chi connectivity index (χ3v) is 3.47. The number of carbonyl (C=O) groups excluding carboxylic acids is 1. The first-order valence-corrected chi connectivity index (χ1v) is 5.57. The van der Waals surface area contributed by atoms with Crippen LogP contribution in [0.25, 0.3) is 0 Å². The molecule has 3 N–H and O–H groups in total. The van der Waals surface area contributed by atoms with Crippen LogP contribution in [0.3, 0.4) is 0 Å². The Morgan fingerprint density at radius 1 is 1.69 bits per heavy atom. The molecule has 1 amide bonds. The lowest BCUT2D eigenvalue weighted by Crippen LogP contribution is -2.40. The van der Waals surface area contributed by atoms with E-state index in [1.54, 1.807) is 7.05 Å². The molecule has 1 aromatic rings. The molecule has 0 aliphatic heterocycles. The van der Waals surface area contributed by atoms with Crippen molar-refractivity contribution in [2.45, 2.75) is 26.2 Å². The molecule has 1 aliphatic carbocycles. The van der Waals surface area contributed by atoms with Gasteiger partial charge < -0.3 is 11.1 Å². The van der Waals surface area contributed by atoms with Gasteiger partial charge in [-0.2, -0.15) is 5.10 Å². The molecular weight excluding hydrogens is 204 g/mol. The average molecular weight is 222 g/mol. The van der Waals surface area contributed by atoms with Crippen LogP contribution in [-0.4, -0.2) is 22.2 Å².